The van der Waals surface area contributed by atoms with Gasteiger partial charge in [0.2, 0.25) is 5.88 Å². The number of carbonyl (C=O) groups excluding carboxylic acids is 1. The first kappa shape index (κ1) is 25.0. The van der Waals surface area contributed by atoms with E-state index in [-0.39, 0.29) is 35.9 Å². The smallest absolute Gasteiger partial charge is 0.264 e. The van der Waals surface area contributed by atoms with Crippen LogP contribution in [0.15, 0.2) is 47.4 Å². The van der Waals surface area contributed by atoms with E-state index in [4.69, 9.17) is 10.00 Å². The minimum atomic E-state index is -3.25. The number of carbonyl (C=O) groups is 1. The Morgan fingerprint density at radius 3 is 2.54 bits per heavy atom. The van der Waals surface area contributed by atoms with Gasteiger partial charge < -0.3 is 14.6 Å². The van der Waals surface area contributed by atoms with Crippen molar-refractivity contribution in [3.63, 3.8) is 0 Å². The fourth-order valence-corrected chi connectivity index (χ4v) is 6.93. The molecule has 37 heavy (non-hydrogen) atoms. The number of hydrogen-bond acceptors (Lipinski definition) is 7. The molecular weight excluding hydrogens is 492 g/mol. The van der Waals surface area contributed by atoms with E-state index >= 15 is 0 Å². The van der Waals surface area contributed by atoms with E-state index in [9.17, 15) is 18.0 Å². The maximum absolute atomic E-state index is 13.5. The second kappa shape index (κ2) is 9.30. The molecule has 2 saturated carbocycles. The van der Waals surface area contributed by atoms with Crippen LogP contribution in [0.3, 0.4) is 0 Å². The van der Waals surface area contributed by atoms with E-state index in [0.29, 0.717) is 42.1 Å². The normalized spacial score (nSPS) is 16.4. The third-order valence-electron chi connectivity index (χ3n) is 7.06. The first-order valence-corrected chi connectivity index (χ1v) is 13.9. The van der Waals surface area contributed by atoms with Gasteiger partial charge in [0.25, 0.3) is 11.5 Å². The van der Waals surface area contributed by atoms with Gasteiger partial charge in [0.15, 0.2) is 9.84 Å². The molecule has 0 saturated heterocycles. The Morgan fingerprint density at radius 2 is 1.95 bits per heavy atom. The zero-order valence-electron chi connectivity index (χ0n) is 20.7. The molecule has 0 aliphatic heterocycles. The number of fused-ring (bicyclic) bond motifs is 1. The monoisotopic (exact) mass is 520 g/mol. The molecule has 3 aromatic rings. The van der Waals surface area contributed by atoms with Gasteiger partial charge in [0, 0.05) is 24.2 Å². The summed E-state index contributed by atoms with van der Waals surface area (Å²) in [6, 6.07) is 11.8. The molecule has 2 fully saturated rings. The first-order chi connectivity index (χ1) is 17.7. The minimum Gasteiger partial charge on any atom is -0.474 e. The summed E-state index contributed by atoms with van der Waals surface area (Å²) >= 11 is 0. The van der Waals surface area contributed by atoms with Crippen LogP contribution in [-0.4, -0.2) is 40.5 Å². The molecule has 2 heterocycles. The molecule has 1 N–H and O–H groups in total. The van der Waals surface area contributed by atoms with Crippen LogP contribution in [0, 0.1) is 11.3 Å². The van der Waals surface area contributed by atoms with Crippen molar-refractivity contribution in [1.29, 1.82) is 5.26 Å². The number of benzene rings is 1. The fourth-order valence-electron chi connectivity index (χ4n) is 4.57. The van der Waals surface area contributed by atoms with Gasteiger partial charge in [-0.15, -0.1) is 0 Å². The highest BCUT2D eigenvalue weighted by Gasteiger charge is 2.60. The summed E-state index contributed by atoms with van der Waals surface area (Å²) in [5.74, 6) is -0.331. The van der Waals surface area contributed by atoms with Crippen molar-refractivity contribution in [2.24, 2.45) is 0 Å². The Kier molecular flexibility index (Phi) is 6.28. The maximum atomic E-state index is 13.5. The van der Waals surface area contributed by atoms with E-state index in [1.54, 1.807) is 30.3 Å². The summed E-state index contributed by atoms with van der Waals surface area (Å²) in [4.78, 5) is 30.8. The number of sulfone groups is 1. The highest BCUT2D eigenvalue weighted by atomic mass is 32.2. The molecule has 0 atom stereocenters. The lowest BCUT2D eigenvalue weighted by molar-refractivity contribution is 0.0949. The zero-order valence-corrected chi connectivity index (χ0v) is 21.5. The van der Waals surface area contributed by atoms with Gasteiger partial charge >= 0.3 is 0 Å². The standard InChI is InChI=1S/C27H28N4O5S/c1-17(2)31-23-20(9-12-29-25(23)36-16-27(10-11-27)37(34,35)21-7-8-21)13-22(26(31)33)24(32)30-15-19-5-3-18(14-28)4-6-19/h3-6,9,12-13,17,21H,7-8,10-11,15-16H2,1-2H3,(H,30,32). The third-order valence-corrected chi connectivity index (χ3v) is 10.1. The fraction of sp³-hybridized carbons (Fsp3) is 0.407. The number of nitriles is 1. The van der Waals surface area contributed by atoms with E-state index < -0.39 is 26.1 Å². The van der Waals surface area contributed by atoms with E-state index in [2.05, 4.69) is 10.3 Å². The van der Waals surface area contributed by atoms with E-state index in [1.165, 1.54) is 16.8 Å². The first-order valence-electron chi connectivity index (χ1n) is 12.3. The van der Waals surface area contributed by atoms with Crippen LogP contribution in [0.4, 0.5) is 0 Å². The Bertz CT molecular complexity index is 1580. The van der Waals surface area contributed by atoms with Crippen molar-refractivity contribution in [2.75, 3.05) is 6.61 Å². The van der Waals surface area contributed by atoms with Crippen LogP contribution < -0.4 is 15.6 Å². The van der Waals surface area contributed by atoms with Gasteiger partial charge in [-0.2, -0.15) is 5.26 Å². The second-order valence-corrected chi connectivity index (χ2v) is 12.7. The number of nitrogens with zero attached hydrogens (tertiary/aromatic N) is 3. The second-order valence-electron chi connectivity index (χ2n) is 10.1. The minimum absolute atomic E-state index is 0.00292. The number of amides is 1. The Hall–Kier alpha value is -3.71. The van der Waals surface area contributed by atoms with Crippen molar-refractivity contribution in [3.05, 3.63) is 69.6 Å². The van der Waals surface area contributed by atoms with Crippen LogP contribution in [0.5, 0.6) is 5.88 Å². The van der Waals surface area contributed by atoms with Gasteiger partial charge in [-0.05, 0) is 69.4 Å². The molecule has 2 aromatic heterocycles. The molecule has 2 aliphatic carbocycles. The Labute approximate surface area is 215 Å². The number of hydrogen-bond donors (Lipinski definition) is 1. The van der Waals surface area contributed by atoms with Gasteiger partial charge in [-0.3, -0.25) is 9.59 Å². The summed E-state index contributed by atoms with van der Waals surface area (Å²) < 4.78 is 32.4. The van der Waals surface area contributed by atoms with Crippen LogP contribution in [0.1, 0.15) is 67.1 Å². The highest BCUT2D eigenvalue weighted by Crippen LogP contribution is 2.50. The molecule has 10 heteroatoms. The highest BCUT2D eigenvalue weighted by molar-refractivity contribution is 7.94. The quantitative estimate of drug-likeness (QED) is 0.458. The van der Waals surface area contributed by atoms with Crippen molar-refractivity contribution in [2.45, 2.75) is 62.1 Å². The SMILES string of the molecule is CC(C)n1c(=O)c(C(=O)NCc2ccc(C#N)cc2)cc2ccnc(OCC3(S(=O)(=O)C4CC4)CC3)c21. The van der Waals surface area contributed by atoms with Crippen LogP contribution >= 0.6 is 0 Å². The molecule has 1 aromatic carbocycles. The number of aromatic nitrogens is 2. The topological polar surface area (TPSA) is 131 Å². The van der Waals surface area contributed by atoms with Gasteiger partial charge in [0.05, 0.1) is 16.9 Å². The molecule has 0 radical (unpaired) electrons. The van der Waals surface area contributed by atoms with Crippen molar-refractivity contribution >= 4 is 26.6 Å². The summed E-state index contributed by atoms with van der Waals surface area (Å²) in [6.07, 6.45) is 4.08. The van der Waals surface area contributed by atoms with E-state index in [1.807, 2.05) is 19.9 Å². The van der Waals surface area contributed by atoms with Gasteiger partial charge in [-0.25, -0.2) is 13.4 Å². The summed E-state index contributed by atoms with van der Waals surface area (Å²) in [5, 5.41) is 12.0. The third kappa shape index (κ3) is 4.60. The van der Waals surface area contributed by atoms with Crippen LogP contribution in [0.2, 0.25) is 0 Å². The molecule has 2 aliphatic rings. The molecule has 0 bridgehead atoms. The lowest BCUT2D eigenvalue weighted by atomic mass is 10.1. The molecule has 1 amide bonds. The number of nitrogens with one attached hydrogen (secondary N) is 1. The Morgan fingerprint density at radius 1 is 1.24 bits per heavy atom. The molecule has 9 nitrogen and oxygen atoms in total. The predicted octanol–water partition coefficient (Wildman–Crippen LogP) is 3.27. The van der Waals surface area contributed by atoms with E-state index in [0.717, 1.165) is 5.56 Å². The Balaban J connectivity index is 1.44. The van der Waals surface area contributed by atoms with Crippen LogP contribution in [-0.2, 0) is 16.4 Å². The molecule has 192 valence electrons. The average molecular weight is 521 g/mol. The number of ether oxygens (including phenoxy) is 1. The van der Waals surface area contributed by atoms with Crippen molar-refractivity contribution < 1.29 is 17.9 Å². The summed E-state index contributed by atoms with van der Waals surface area (Å²) in [5.41, 5.74) is 1.26. The summed E-state index contributed by atoms with van der Waals surface area (Å²) in [6.45, 7) is 3.86. The van der Waals surface area contributed by atoms with Crippen molar-refractivity contribution in [3.8, 4) is 11.9 Å². The predicted molar refractivity (Wildman–Crippen MR) is 138 cm³/mol. The summed E-state index contributed by atoms with van der Waals surface area (Å²) in [7, 11) is -3.25. The average Bonchev–Trinajstić information content (AvgIpc) is 3.80. The number of pyridine rings is 2. The van der Waals surface area contributed by atoms with Gasteiger partial charge in [-0.1, -0.05) is 12.1 Å². The molecular formula is C27H28N4O5S. The lowest BCUT2D eigenvalue weighted by Gasteiger charge is -2.20. The lowest BCUT2D eigenvalue weighted by Crippen LogP contribution is -2.35. The molecule has 5 rings (SSSR count). The maximum Gasteiger partial charge on any atom is 0.264 e. The molecule has 0 unspecified atom stereocenters. The van der Waals surface area contributed by atoms with Crippen LogP contribution in [0.25, 0.3) is 10.9 Å². The van der Waals surface area contributed by atoms with Gasteiger partial charge in [0.1, 0.15) is 22.4 Å². The van der Waals surface area contributed by atoms with Crippen molar-refractivity contribution in [1.82, 2.24) is 14.9 Å². The molecule has 0 spiro atoms. The zero-order chi connectivity index (χ0) is 26.4. The largest absolute Gasteiger partial charge is 0.474 e. The number of rotatable bonds is 9.